The third-order valence-electron chi connectivity index (χ3n) is 0. The van der Waals surface area contributed by atoms with Crippen LogP contribution in [0.3, 0.4) is 0 Å². The Morgan fingerprint density at radius 3 is 2.00 bits per heavy atom. The van der Waals surface area contributed by atoms with E-state index in [0.29, 0.717) is 0 Å². The van der Waals surface area contributed by atoms with E-state index >= 15 is 0 Å². The van der Waals surface area contributed by atoms with Crippen molar-refractivity contribution in [2.24, 2.45) is 5.73 Å². The van der Waals surface area contributed by atoms with Crippen molar-refractivity contribution in [3.63, 3.8) is 0 Å². The number of rotatable bonds is 0. The van der Waals surface area contributed by atoms with Gasteiger partial charge < -0.3 is 10.8 Å². The maximum atomic E-state index is 8.78. The highest BCUT2D eigenvalue weighted by atomic mass is 16.4. The van der Waals surface area contributed by atoms with Crippen molar-refractivity contribution in [2.45, 2.75) is 6.92 Å². The number of nitrogens with zero attached hydrogens (tertiary/aromatic N) is 1. The predicted molar refractivity (Wildman–Crippen MR) is 23.5 cm³/mol. The van der Waals surface area contributed by atoms with E-state index in [1.165, 1.54) is 6.92 Å². The summed E-state index contributed by atoms with van der Waals surface area (Å²) in [6.07, 6.45) is -1.33. The lowest BCUT2D eigenvalue weighted by Crippen LogP contribution is -2.03. The topological polar surface area (TPSA) is 87.1 Å². The molecule has 0 saturated heterocycles. The molecule has 0 bridgehead atoms. The molecule has 40 valence electrons. The zero-order chi connectivity index (χ0) is 6.28. The quantitative estimate of drug-likeness (QED) is 0.456. The monoisotopic (exact) mass is 102 g/mol. The summed E-state index contributed by atoms with van der Waals surface area (Å²) in [4.78, 5) is 8.78. The molecule has 7 heavy (non-hydrogen) atoms. The highest BCUT2D eigenvalue weighted by molar-refractivity contribution is 5.61. The maximum absolute atomic E-state index is 8.78. The Morgan fingerprint density at radius 1 is 2.00 bits per heavy atom. The fourth-order valence-corrected chi connectivity index (χ4v) is 0. The highest BCUT2D eigenvalue weighted by Crippen LogP contribution is 1.34. The van der Waals surface area contributed by atoms with Gasteiger partial charge in [0.15, 0.2) is 0 Å². The number of carboxylic acid groups (broad SMARTS) is 1. The standard InChI is InChI=1S/C2H3N.CH3NO2/c1-2-3;2-1(3)4/h1H3;2H2,(H,3,4). The van der Waals surface area contributed by atoms with Crippen molar-refractivity contribution in [2.75, 3.05) is 0 Å². The summed E-state index contributed by atoms with van der Waals surface area (Å²) in [5.41, 5.74) is 4.03. The van der Waals surface area contributed by atoms with Crippen molar-refractivity contribution in [3.8, 4) is 6.07 Å². The van der Waals surface area contributed by atoms with Crippen molar-refractivity contribution < 1.29 is 9.90 Å². The second kappa shape index (κ2) is 8.83. The zero-order valence-corrected chi connectivity index (χ0v) is 3.88. The van der Waals surface area contributed by atoms with Crippen LogP contribution in [0.25, 0.3) is 0 Å². The summed E-state index contributed by atoms with van der Waals surface area (Å²) in [5, 5.41) is 14.5. The van der Waals surface area contributed by atoms with Crippen molar-refractivity contribution in [1.82, 2.24) is 0 Å². The van der Waals surface area contributed by atoms with Crippen molar-refractivity contribution in [3.05, 3.63) is 0 Å². The van der Waals surface area contributed by atoms with Gasteiger partial charge in [-0.15, -0.1) is 0 Å². The average Bonchev–Trinajstić information content (AvgIpc) is 1.33. The Labute approximate surface area is 41.2 Å². The summed E-state index contributed by atoms with van der Waals surface area (Å²) in [5.74, 6) is 0. The number of hydrogen-bond acceptors (Lipinski definition) is 2. The highest BCUT2D eigenvalue weighted by Gasteiger charge is 1.65. The number of hydrogen-bond donors (Lipinski definition) is 2. The number of nitrogens with two attached hydrogens (primary N) is 1. The van der Waals surface area contributed by atoms with Crippen molar-refractivity contribution in [1.29, 1.82) is 5.26 Å². The van der Waals surface area contributed by atoms with Gasteiger partial charge in [-0.3, -0.25) is 0 Å². The Hall–Kier alpha value is -1.24. The van der Waals surface area contributed by atoms with Gasteiger partial charge in [-0.2, -0.15) is 5.26 Å². The molecule has 0 saturated carbocycles. The molecule has 0 aliphatic carbocycles. The van der Waals surface area contributed by atoms with E-state index in [4.69, 9.17) is 15.2 Å². The molecule has 0 atom stereocenters. The van der Waals surface area contributed by atoms with Crippen LogP contribution < -0.4 is 5.73 Å². The fourth-order valence-electron chi connectivity index (χ4n) is 0. The molecule has 0 fully saturated rings. The van der Waals surface area contributed by atoms with Crippen LogP contribution in [-0.4, -0.2) is 11.2 Å². The third-order valence-corrected chi connectivity index (χ3v) is 0. The van der Waals surface area contributed by atoms with E-state index in [1.54, 1.807) is 6.07 Å². The average molecular weight is 102 g/mol. The molecule has 0 spiro atoms. The van der Waals surface area contributed by atoms with Gasteiger partial charge in [-0.05, 0) is 0 Å². The summed E-state index contributed by atoms with van der Waals surface area (Å²) in [7, 11) is 0. The molecule has 4 heteroatoms. The van der Waals surface area contributed by atoms with Crippen LogP contribution in [-0.2, 0) is 0 Å². The van der Waals surface area contributed by atoms with Crippen LogP contribution in [0.4, 0.5) is 4.79 Å². The van der Waals surface area contributed by atoms with Gasteiger partial charge in [-0.25, -0.2) is 4.79 Å². The van der Waals surface area contributed by atoms with Crippen molar-refractivity contribution >= 4 is 6.09 Å². The first kappa shape index (κ1) is 9.23. The van der Waals surface area contributed by atoms with Crippen LogP contribution in [0.2, 0.25) is 0 Å². The van der Waals surface area contributed by atoms with E-state index in [1.807, 2.05) is 0 Å². The Kier molecular flexibility index (Phi) is 11.7. The second-order valence-electron chi connectivity index (χ2n) is 0.562. The summed E-state index contributed by atoms with van der Waals surface area (Å²) in [6, 6.07) is 1.75. The first-order valence-corrected chi connectivity index (χ1v) is 1.44. The lowest BCUT2D eigenvalue weighted by molar-refractivity contribution is 0.205. The molecular weight excluding hydrogens is 96.0 g/mol. The molecule has 0 aliphatic heterocycles. The van der Waals surface area contributed by atoms with Gasteiger partial charge >= 0.3 is 6.09 Å². The minimum Gasteiger partial charge on any atom is -0.465 e. The first-order chi connectivity index (χ1) is 3.15. The Morgan fingerprint density at radius 2 is 2.00 bits per heavy atom. The zero-order valence-electron chi connectivity index (χ0n) is 3.88. The largest absolute Gasteiger partial charge is 0.465 e. The molecule has 0 aromatic rings. The van der Waals surface area contributed by atoms with Crippen LogP contribution in [0.1, 0.15) is 6.92 Å². The van der Waals surface area contributed by atoms with Gasteiger partial charge in [-0.1, -0.05) is 0 Å². The van der Waals surface area contributed by atoms with Gasteiger partial charge in [0.05, 0.1) is 6.07 Å². The summed E-state index contributed by atoms with van der Waals surface area (Å²) < 4.78 is 0. The van der Waals surface area contributed by atoms with Gasteiger partial charge in [0.1, 0.15) is 0 Å². The molecule has 0 aliphatic rings. The van der Waals surface area contributed by atoms with Gasteiger partial charge in [0.2, 0.25) is 0 Å². The maximum Gasteiger partial charge on any atom is 0.402 e. The van der Waals surface area contributed by atoms with Crippen LogP contribution in [0, 0.1) is 11.3 Å². The molecule has 0 radical (unpaired) electrons. The molecular formula is C3H6N2O2. The van der Waals surface area contributed by atoms with Crippen LogP contribution in [0.5, 0.6) is 0 Å². The molecule has 3 N–H and O–H groups in total. The molecule has 4 nitrogen and oxygen atoms in total. The van der Waals surface area contributed by atoms with Crippen LogP contribution in [0.15, 0.2) is 0 Å². The third kappa shape index (κ3) is 23.6. The lowest BCUT2D eigenvalue weighted by atomic mass is 11.0. The molecule has 0 aromatic carbocycles. The Bertz CT molecular complexity index is 79.4. The van der Waals surface area contributed by atoms with E-state index in [-0.39, 0.29) is 0 Å². The summed E-state index contributed by atoms with van der Waals surface area (Å²) in [6.45, 7) is 1.43. The minimum absolute atomic E-state index is 1.33. The molecule has 0 rings (SSSR count). The number of primary amides is 1. The smallest absolute Gasteiger partial charge is 0.402 e. The molecule has 0 aromatic heterocycles. The predicted octanol–water partition coefficient (Wildman–Crippen LogP) is 0.153. The first-order valence-electron chi connectivity index (χ1n) is 1.44. The van der Waals surface area contributed by atoms with E-state index in [0.717, 1.165) is 0 Å². The van der Waals surface area contributed by atoms with Gasteiger partial charge in [0, 0.05) is 6.92 Å². The fraction of sp³-hybridized carbons (Fsp3) is 0.333. The molecule has 1 amide bonds. The number of amides is 1. The summed E-state index contributed by atoms with van der Waals surface area (Å²) >= 11 is 0. The molecule has 0 heterocycles. The van der Waals surface area contributed by atoms with Gasteiger partial charge in [0.25, 0.3) is 0 Å². The molecule has 0 unspecified atom stereocenters. The van der Waals surface area contributed by atoms with Crippen LogP contribution >= 0.6 is 0 Å². The van der Waals surface area contributed by atoms with E-state index in [9.17, 15) is 0 Å². The minimum atomic E-state index is -1.33. The number of carbonyl (C=O) groups is 1. The second-order valence-corrected chi connectivity index (χ2v) is 0.562. The lowest BCUT2D eigenvalue weighted by Gasteiger charge is -1.61. The Balaban J connectivity index is 0. The SMILES string of the molecule is CC#N.NC(=O)O. The normalized spacial score (nSPS) is 4.57. The van der Waals surface area contributed by atoms with E-state index in [2.05, 4.69) is 5.73 Å². The number of nitriles is 1. The van der Waals surface area contributed by atoms with E-state index < -0.39 is 6.09 Å².